The first-order valence-corrected chi connectivity index (χ1v) is 7.97. The maximum Gasteiger partial charge on any atom is 0.239 e. The van der Waals surface area contributed by atoms with Gasteiger partial charge >= 0.3 is 0 Å². The van der Waals surface area contributed by atoms with Gasteiger partial charge in [-0.05, 0) is 18.9 Å². The summed E-state index contributed by atoms with van der Waals surface area (Å²) in [6.07, 6.45) is -1.32. The van der Waals surface area contributed by atoms with Crippen LogP contribution in [0.4, 0.5) is 0 Å². The molecular formula is C15H30N2O5. The lowest BCUT2D eigenvalue weighted by Crippen LogP contribution is -2.70. The Kier molecular flexibility index (Phi) is 7.71. The lowest BCUT2D eigenvalue weighted by Gasteiger charge is -2.47. The smallest absolute Gasteiger partial charge is 0.239 e. The van der Waals surface area contributed by atoms with Crippen molar-refractivity contribution < 1.29 is 25.2 Å². The second kappa shape index (κ2) is 8.79. The number of aliphatic hydroxyl groups excluding tert-OH is 4. The summed E-state index contributed by atoms with van der Waals surface area (Å²) >= 11 is 0. The maximum absolute atomic E-state index is 12.1. The van der Waals surface area contributed by atoms with Crippen LogP contribution in [0.25, 0.3) is 0 Å². The Balaban J connectivity index is 2.84. The van der Waals surface area contributed by atoms with Crippen molar-refractivity contribution in [3.63, 3.8) is 0 Å². The Bertz CT molecular complexity index is 353. The van der Waals surface area contributed by atoms with Gasteiger partial charge in [0.25, 0.3) is 0 Å². The summed E-state index contributed by atoms with van der Waals surface area (Å²) < 4.78 is 0. The molecule has 1 amide bonds. The third-order valence-electron chi connectivity index (χ3n) is 4.35. The molecule has 0 bridgehead atoms. The van der Waals surface area contributed by atoms with Gasteiger partial charge in [-0.15, -0.1) is 0 Å². The third-order valence-corrected chi connectivity index (χ3v) is 4.35. The number of unbranched alkanes of at least 4 members (excludes halogenated alkanes) is 1. The van der Waals surface area contributed by atoms with Gasteiger partial charge in [0, 0.05) is 7.05 Å². The van der Waals surface area contributed by atoms with Crippen molar-refractivity contribution in [3.8, 4) is 0 Å². The van der Waals surface area contributed by atoms with Gasteiger partial charge in [-0.1, -0.05) is 26.7 Å². The van der Waals surface area contributed by atoms with Gasteiger partial charge in [-0.25, -0.2) is 0 Å². The highest BCUT2D eigenvalue weighted by Crippen LogP contribution is 2.25. The Morgan fingerprint density at radius 1 is 1.14 bits per heavy atom. The van der Waals surface area contributed by atoms with Crippen molar-refractivity contribution in [3.05, 3.63) is 0 Å². The van der Waals surface area contributed by atoms with Crippen molar-refractivity contribution in [2.45, 2.75) is 63.5 Å². The molecule has 1 rings (SSSR count). The normalized spacial score (nSPS) is 33.2. The highest BCUT2D eigenvalue weighted by molar-refractivity contribution is 5.82. The molecule has 7 nitrogen and oxygen atoms in total. The van der Waals surface area contributed by atoms with E-state index >= 15 is 0 Å². The first kappa shape index (κ1) is 19.3. The fraction of sp³-hybridized carbons (Fsp3) is 0.933. The van der Waals surface area contributed by atoms with Crippen molar-refractivity contribution in [2.24, 2.45) is 5.92 Å². The molecule has 1 saturated heterocycles. The number of amides is 1. The van der Waals surface area contributed by atoms with Crippen LogP contribution in [0.2, 0.25) is 0 Å². The van der Waals surface area contributed by atoms with Gasteiger partial charge in [-0.2, -0.15) is 0 Å². The highest BCUT2D eigenvalue weighted by atomic mass is 16.4. The molecule has 7 heteroatoms. The van der Waals surface area contributed by atoms with Gasteiger partial charge in [0.05, 0.1) is 12.6 Å². The summed E-state index contributed by atoms with van der Waals surface area (Å²) in [5, 5.41) is 42.1. The van der Waals surface area contributed by atoms with Crippen LogP contribution >= 0.6 is 0 Å². The van der Waals surface area contributed by atoms with E-state index in [1.807, 2.05) is 0 Å². The average Bonchev–Trinajstić information content (AvgIpc) is 2.48. The fourth-order valence-corrected chi connectivity index (χ4v) is 3.03. The molecule has 1 aliphatic heterocycles. The summed E-state index contributed by atoms with van der Waals surface area (Å²) in [6.45, 7) is 4.35. The van der Waals surface area contributed by atoms with Crippen LogP contribution in [0.1, 0.15) is 33.1 Å². The monoisotopic (exact) mass is 318 g/mol. The summed E-state index contributed by atoms with van der Waals surface area (Å²) in [6, 6.07) is -1.74. The lowest BCUT2D eigenvalue weighted by molar-refractivity contribution is -0.178. The molecule has 5 atom stereocenters. The summed E-state index contributed by atoms with van der Waals surface area (Å²) in [7, 11) is 1.46. The van der Waals surface area contributed by atoms with E-state index in [9.17, 15) is 25.2 Å². The number of piperidine rings is 1. The minimum absolute atomic E-state index is 0.386. The molecule has 0 aromatic heterocycles. The predicted octanol–water partition coefficient (Wildman–Crippen LogP) is -1.31. The number of likely N-dealkylation sites (tertiary alicyclic amines) is 1. The number of carbonyl (C=O) groups excluding carboxylic acids is 1. The summed E-state index contributed by atoms with van der Waals surface area (Å²) in [5.74, 6) is 0.156. The number of carbonyl (C=O) groups is 1. The van der Waals surface area contributed by atoms with E-state index in [0.29, 0.717) is 12.5 Å². The number of aliphatic hydroxyl groups is 4. The van der Waals surface area contributed by atoms with Crippen LogP contribution in [0.3, 0.4) is 0 Å². The Hall–Kier alpha value is -0.730. The molecule has 0 aliphatic carbocycles. The zero-order chi connectivity index (χ0) is 16.9. The molecule has 22 heavy (non-hydrogen) atoms. The number of hydrogen-bond acceptors (Lipinski definition) is 6. The lowest BCUT2D eigenvalue weighted by atomic mass is 9.87. The van der Waals surface area contributed by atoms with E-state index in [4.69, 9.17) is 0 Å². The maximum atomic E-state index is 12.1. The quantitative estimate of drug-likeness (QED) is 0.372. The molecule has 0 saturated carbocycles. The van der Waals surface area contributed by atoms with Crippen molar-refractivity contribution in [2.75, 3.05) is 20.2 Å². The van der Waals surface area contributed by atoms with Crippen LogP contribution in [-0.4, -0.2) is 81.8 Å². The molecule has 0 aromatic rings. The minimum atomic E-state index is -1.45. The van der Waals surface area contributed by atoms with E-state index in [0.717, 1.165) is 19.3 Å². The molecule has 130 valence electrons. The molecule has 0 spiro atoms. The molecule has 1 fully saturated rings. The molecule has 0 aromatic carbocycles. The van der Waals surface area contributed by atoms with Crippen molar-refractivity contribution >= 4 is 5.91 Å². The molecule has 5 N–H and O–H groups in total. The van der Waals surface area contributed by atoms with E-state index in [1.54, 1.807) is 4.90 Å². The number of nitrogens with one attached hydrogen (secondary N) is 1. The fourth-order valence-electron chi connectivity index (χ4n) is 3.03. The minimum Gasteiger partial charge on any atom is -0.395 e. The second-order valence-electron chi connectivity index (χ2n) is 6.41. The average molecular weight is 318 g/mol. The van der Waals surface area contributed by atoms with Crippen LogP contribution in [0.5, 0.6) is 0 Å². The predicted molar refractivity (Wildman–Crippen MR) is 82.1 cm³/mol. The van der Waals surface area contributed by atoms with Crippen LogP contribution in [0.15, 0.2) is 0 Å². The second-order valence-corrected chi connectivity index (χ2v) is 6.41. The Morgan fingerprint density at radius 3 is 2.27 bits per heavy atom. The van der Waals surface area contributed by atoms with E-state index < -0.39 is 36.3 Å². The number of hydrogen-bond donors (Lipinski definition) is 5. The first-order chi connectivity index (χ1) is 10.3. The number of likely N-dealkylation sites (N-methyl/N-ethyl adjacent to an activating group) is 1. The summed E-state index contributed by atoms with van der Waals surface area (Å²) in [4.78, 5) is 13.7. The van der Waals surface area contributed by atoms with E-state index in [2.05, 4.69) is 19.2 Å². The standard InChI is InChI=1S/C15H30N2O5/c1-9(2)6-4-5-7-17-10(8-18)12(19)14(21)13(20)11(17)15(22)16-3/h9-14,18-21H,4-8H2,1-3H3,(H,16,22)/t10-,11+,12-,13-,14+/m1/s1. The van der Waals surface area contributed by atoms with Crippen molar-refractivity contribution in [1.82, 2.24) is 10.2 Å². The SMILES string of the molecule is CNC(=O)[C@@H]1[C@@H](O)[C@@H](O)[C@H](O)[C@@H](CO)N1CCCCC(C)C. The molecule has 0 unspecified atom stereocenters. The number of nitrogens with zero attached hydrogens (tertiary/aromatic N) is 1. The zero-order valence-corrected chi connectivity index (χ0v) is 13.6. The van der Waals surface area contributed by atoms with Crippen LogP contribution < -0.4 is 5.32 Å². The Morgan fingerprint density at radius 2 is 1.77 bits per heavy atom. The van der Waals surface area contributed by atoms with Crippen molar-refractivity contribution in [1.29, 1.82) is 0 Å². The van der Waals surface area contributed by atoms with Gasteiger partial charge in [-0.3, -0.25) is 9.69 Å². The first-order valence-electron chi connectivity index (χ1n) is 7.97. The molecule has 1 heterocycles. The van der Waals surface area contributed by atoms with Gasteiger partial charge in [0.2, 0.25) is 5.91 Å². The van der Waals surface area contributed by atoms with Crippen LogP contribution in [-0.2, 0) is 4.79 Å². The van der Waals surface area contributed by atoms with Gasteiger partial charge < -0.3 is 25.7 Å². The summed E-state index contributed by atoms with van der Waals surface area (Å²) in [5.41, 5.74) is 0. The molecule has 0 radical (unpaired) electrons. The third kappa shape index (κ3) is 4.39. The Labute approximate surface area is 131 Å². The number of rotatable bonds is 7. The van der Waals surface area contributed by atoms with Gasteiger partial charge in [0.1, 0.15) is 24.4 Å². The zero-order valence-electron chi connectivity index (χ0n) is 13.6. The largest absolute Gasteiger partial charge is 0.395 e. The highest BCUT2D eigenvalue weighted by Gasteiger charge is 2.49. The van der Waals surface area contributed by atoms with Crippen LogP contribution in [0, 0.1) is 5.92 Å². The molecule has 1 aliphatic rings. The topological polar surface area (TPSA) is 113 Å². The molecular weight excluding hydrogens is 288 g/mol. The van der Waals surface area contributed by atoms with E-state index in [-0.39, 0.29) is 6.61 Å². The van der Waals surface area contributed by atoms with Gasteiger partial charge in [0.15, 0.2) is 0 Å². The van der Waals surface area contributed by atoms with E-state index in [1.165, 1.54) is 7.05 Å².